The lowest BCUT2D eigenvalue weighted by Gasteiger charge is -2.32. The molecule has 8 heteroatoms. The second-order valence-corrected chi connectivity index (χ2v) is 10.6. The second-order valence-electron chi connectivity index (χ2n) is 10.6. The average Bonchev–Trinajstić information content (AvgIpc) is 3.44. The van der Waals surface area contributed by atoms with Crippen molar-refractivity contribution in [3.8, 4) is 11.4 Å². The summed E-state index contributed by atoms with van der Waals surface area (Å²) in [4.78, 5) is 26.2. The van der Waals surface area contributed by atoms with Crippen molar-refractivity contribution in [2.75, 3.05) is 32.1 Å². The number of aromatic nitrogens is 2. The Hall–Kier alpha value is -3.81. The van der Waals surface area contributed by atoms with Crippen LogP contribution in [-0.2, 0) is 16.0 Å². The molecule has 1 unspecified atom stereocenters. The number of carbonyl (C=O) groups is 2. The maximum Gasteiger partial charge on any atom is 0.307 e. The summed E-state index contributed by atoms with van der Waals surface area (Å²) < 4.78 is 12.7. The monoisotopic (exact) mass is 560 g/mol. The third-order valence-electron chi connectivity index (χ3n) is 7.76. The van der Waals surface area contributed by atoms with Gasteiger partial charge in [0.05, 0.1) is 37.1 Å². The minimum Gasteiger partial charge on any atom is -0.494 e. The lowest BCUT2D eigenvalue weighted by molar-refractivity contribution is -0.143. The number of nitrogens with zero attached hydrogens (tertiary/aromatic N) is 3. The molecule has 3 aromatic rings. The summed E-state index contributed by atoms with van der Waals surface area (Å²) in [6.07, 6.45) is 9.30. The number of rotatable bonds is 13. The van der Waals surface area contributed by atoms with Crippen molar-refractivity contribution in [2.24, 2.45) is 5.92 Å². The van der Waals surface area contributed by atoms with Crippen LogP contribution in [0.4, 0.5) is 5.69 Å². The Kier molecular flexibility index (Phi) is 10.8. The molecule has 1 heterocycles. The zero-order chi connectivity index (χ0) is 29.2. The first kappa shape index (κ1) is 30.2. The Bertz CT molecular complexity index is 1280. The molecule has 1 atom stereocenters. The van der Waals surface area contributed by atoms with Crippen molar-refractivity contribution in [3.63, 3.8) is 0 Å². The third-order valence-corrected chi connectivity index (χ3v) is 7.76. The molecule has 8 nitrogen and oxygen atoms in total. The van der Waals surface area contributed by atoms with Crippen molar-refractivity contribution < 1.29 is 19.1 Å². The van der Waals surface area contributed by atoms with Crippen molar-refractivity contribution in [1.29, 1.82) is 0 Å². The highest BCUT2D eigenvalue weighted by atomic mass is 16.5. The van der Waals surface area contributed by atoms with E-state index in [9.17, 15) is 9.59 Å². The minimum absolute atomic E-state index is 0.114. The SMILES string of the molecule is CCOC(=O)CCN(C)C(=O)c1ccc(NC(c2cn(-c3cccc(OCC)c3)nc2CC)C2CCCCC2)cc1. The van der Waals surface area contributed by atoms with E-state index in [1.807, 2.05) is 54.1 Å². The van der Waals surface area contributed by atoms with E-state index in [2.05, 4.69) is 24.5 Å². The fourth-order valence-corrected chi connectivity index (χ4v) is 5.59. The van der Waals surface area contributed by atoms with Crippen molar-refractivity contribution in [3.05, 3.63) is 71.5 Å². The predicted molar refractivity (Wildman–Crippen MR) is 162 cm³/mol. The van der Waals surface area contributed by atoms with Gasteiger partial charge in [-0.3, -0.25) is 9.59 Å². The highest BCUT2D eigenvalue weighted by Crippen LogP contribution is 2.38. The molecular weight excluding hydrogens is 516 g/mol. The van der Waals surface area contributed by atoms with Gasteiger partial charge in [-0.1, -0.05) is 32.3 Å². The van der Waals surface area contributed by atoms with Crippen LogP contribution in [0.25, 0.3) is 5.69 Å². The smallest absolute Gasteiger partial charge is 0.307 e. The van der Waals surface area contributed by atoms with Gasteiger partial charge in [-0.2, -0.15) is 5.10 Å². The lowest BCUT2D eigenvalue weighted by atomic mass is 9.81. The zero-order valence-electron chi connectivity index (χ0n) is 24.9. The summed E-state index contributed by atoms with van der Waals surface area (Å²) in [5, 5.41) is 8.82. The molecule has 1 N–H and O–H groups in total. The average molecular weight is 561 g/mol. The summed E-state index contributed by atoms with van der Waals surface area (Å²) in [5.41, 5.74) is 4.85. The molecule has 1 aliphatic rings. The van der Waals surface area contributed by atoms with Gasteiger partial charge in [0.2, 0.25) is 0 Å². The van der Waals surface area contributed by atoms with Crippen LogP contribution in [0.3, 0.4) is 0 Å². The molecular formula is C33H44N4O4. The van der Waals surface area contributed by atoms with E-state index in [0.717, 1.165) is 29.2 Å². The van der Waals surface area contributed by atoms with Gasteiger partial charge in [0.15, 0.2) is 0 Å². The van der Waals surface area contributed by atoms with Gasteiger partial charge >= 0.3 is 5.97 Å². The first-order valence-corrected chi connectivity index (χ1v) is 15.0. The first-order chi connectivity index (χ1) is 19.9. The van der Waals surface area contributed by atoms with Crippen LogP contribution in [-0.4, -0.2) is 53.4 Å². The number of ether oxygens (including phenoxy) is 2. The van der Waals surface area contributed by atoms with Crippen LogP contribution in [0.2, 0.25) is 0 Å². The Balaban J connectivity index is 1.55. The fraction of sp³-hybridized carbons (Fsp3) is 0.485. The molecule has 220 valence electrons. The number of hydrogen-bond acceptors (Lipinski definition) is 6. The Morgan fingerprint density at radius 1 is 1.05 bits per heavy atom. The molecule has 1 fully saturated rings. The quantitative estimate of drug-likeness (QED) is 0.237. The van der Waals surface area contributed by atoms with E-state index in [0.29, 0.717) is 31.2 Å². The van der Waals surface area contributed by atoms with Gasteiger partial charge in [0.1, 0.15) is 5.75 Å². The van der Waals surface area contributed by atoms with E-state index in [-0.39, 0.29) is 24.3 Å². The molecule has 1 aliphatic carbocycles. The number of benzene rings is 2. The molecule has 0 aliphatic heterocycles. The summed E-state index contributed by atoms with van der Waals surface area (Å²) in [6, 6.07) is 15.8. The minimum atomic E-state index is -0.294. The Labute approximate surface area is 244 Å². The van der Waals surface area contributed by atoms with Crippen molar-refractivity contribution in [2.45, 2.75) is 71.8 Å². The van der Waals surface area contributed by atoms with Gasteiger partial charge < -0.3 is 19.7 Å². The number of esters is 1. The molecule has 1 saturated carbocycles. The summed E-state index contributed by atoms with van der Waals surface area (Å²) >= 11 is 0. The molecule has 0 spiro atoms. The van der Waals surface area contributed by atoms with Crippen LogP contribution in [0.1, 0.15) is 87.0 Å². The number of hydrogen-bond donors (Lipinski definition) is 1. The topological polar surface area (TPSA) is 85.7 Å². The molecule has 0 radical (unpaired) electrons. The number of carbonyl (C=O) groups excluding carboxylic acids is 2. The largest absolute Gasteiger partial charge is 0.494 e. The molecule has 1 amide bonds. The van der Waals surface area contributed by atoms with Crippen LogP contribution >= 0.6 is 0 Å². The molecule has 0 bridgehead atoms. The molecule has 0 saturated heterocycles. The van der Waals surface area contributed by atoms with Crippen molar-refractivity contribution >= 4 is 17.6 Å². The number of anilines is 1. The van der Waals surface area contributed by atoms with E-state index in [4.69, 9.17) is 14.6 Å². The van der Waals surface area contributed by atoms with Gasteiger partial charge in [-0.05, 0) is 75.4 Å². The molecule has 1 aromatic heterocycles. The van der Waals surface area contributed by atoms with E-state index < -0.39 is 0 Å². The standard InChI is InChI=1S/C33H44N4O4/c1-5-30-29(23-37(35-30)27-14-11-15-28(22-27)40-6-2)32(24-12-9-8-10-13-24)34-26-18-16-25(17-19-26)33(39)36(4)21-20-31(38)41-7-3/h11,14-19,22-24,32,34H,5-10,12-13,20-21H2,1-4H3. The Morgan fingerprint density at radius 2 is 1.80 bits per heavy atom. The summed E-state index contributed by atoms with van der Waals surface area (Å²) in [6.45, 7) is 7.20. The highest BCUT2D eigenvalue weighted by Gasteiger charge is 2.29. The van der Waals surface area contributed by atoms with Gasteiger partial charge in [-0.15, -0.1) is 0 Å². The Morgan fingerprint density at radius 3 is 2.49 bits per heavy atom. The molecule has 4 rings (SSSR count). The van der Waals surface area contributed by atoms with Gasteiger partial charge in [0, 0.05) is 42.7 Å². The summed E-state index contributed by atoms with van der Waals surface area (Å²) in [7, 11) is 1.71. The maximum atomic E-state index is 12.9. The second kappa shape index (κ2) is 14.7. The van der Waals surface area contributed by atoms with E-state index >= 15 is 0 Å². The van der Waals surface area contributed by atoms with Crippen molar-refractivity contribution in [1.82, 2.24) is 14.7 Å². The van der Waals surface area contributed by atoms with Gasteiger partial charge in [-0.25, -0.2) is 4.68 Å². The zero-order valence-corrected chi connectivity index (χ0v) is 24.9. The van der Waals surface area contributed by atoms with E-state index in [1.165, 1.54) is 37.7 Å². The fourth-order valence-electron chi connectivity index (χ4n) is 5.59. The number of nitrogens with one attached hydrogen (secondary N) is 1. The van der Waals surface area contributed by atoms with Gasteiger partial charge in [0.25, 0.3) is 5.91 Å². The number of aryl methyl sites for hydroxylation is 1. The highest BCUT2D eigenvalue weighted by molar-refractivity contribution is 5.94. The third kappa shape index (κ3) is 7.90. The van der Waals surface area contributed by atoms with Crippen LogP contribution < -0.4 is 10.1 Å². The normalized spacial score (nSPS) is 14.3. The maximum absolute atomic E-state index is 12.9. The number of amides is 1. The van der Waals surface area contributed by atoms with Crippen LogP contribution in [0.5, 0.6) is 5.75 Å². The van der Waals surface area contributed by atoms with Crippen LogP contribution in [0, 0.1) is 5.92 Å². The van der Waals surface area contributed by atoms with E-state index in [1.54, 1.807) is 18.9 Å². The lowest BCUT2D eigenvalue weighted by Crippen LogP contribution is -2.29. The first-order valence-electron chi connectivity index (χ1n) is 15.0. The predicted octanol–water partition coefficient (Wildman–Crippen LogP) is 6.59. The van der Waals surface area contributed by atoms with Crippen LogP contribution in [0.15, 0.2) is 54.7 Å². The summed E-state index contributed by atoms with van der Waals surface area (Å²) in [5.74, 6) is 0.922. The molecule has 2 aromatic carbocycles. The molecule has 41 heavy (non-hydrogen) atoms.